The summed E-state index contributed by atoms with van der Waals surface area (Å²) < 4.78 is 26.0. The number of aliphatic hydroxyl groups excluding tert-OH is 1. The van der Waals surface area contributed by atoms with Crippen LogP contribution in [-0.4, -0.2) is 89.3 Å². The highest BCUT2D eigenvalue weighted by Gasteiger charge is 2.65. The number of nitrogens with one attached hydrogen (secondary N) is 1. The molecule has 0 spiro atoms. The normalized spacial score (nSPS) is 37.5. The molecule has 3 aliphatic heterocycles. The average molecular weight is 729 g/mol. The number of allylic oxidation sites excluding steroid dienone is 1. The van der Waals surface area contributed by atoms with E-state index in [4.69, 9.17) is 18.9 Å². The first kappa shape index (κ1) is 35.6. The summed E-state index contributed by atoms with van der Waals surface area (Å²) in [5, 5.41) is 11.9. The van der Waals surface area contributed by atoms with E-state index in [-0.39, 0.29) is 37.0 Å². The summed E-state index contributed by atoms with van der Waals surface area (Å²) in [4.78, 5) is 42.5. The Morgan fingerprint density at radius 1 is 0.981 bits per heavy atom. The minimum atomic E-state index is -0.713. The number of likely N-dealkylation sites (tertiary alicyclic amines) is 1. The minimum Gasteiger partial charge on any atom is -0.456 e. The average Bonchev–Trinajstić information content (AvgIpc) is 4.10. The van der Waals surface area contributed by atoms with Crippen LogP contribution in [0.25, 0.3) is 6.08 Å². The molecule has 1 aromatic carbocycles. The summed E-state index contributed by atoms with van der Waals surface area (Å²) in [6.45, 7) is 7.54. The van der Waals surface area contributed by atoms with E-state index in [0.29, 0.717) is 65.7 Å². The van der Waals surface area contributed by atoms with Gasteiger partial charge >= 0.3 is 5.97 Å². The first-order valence-corrected chi connectivity index (χ1v) is 20.4. The maximum absolute atomic E-state index is 14.1. The summed E-state index contributed by atoms with van der Waals surface area (Å²) in [6.07, 6.45) is 14.1. The Morgan fingerprint density at radius 2 is 1.74 bits per heavy atom. The third-order valence-corrected chi connectivity index (χ3v) is 14.1. The van der Waals surface area contributed by atoms with E-state index in [1.807, 2.05) is 30.3 Å². The molecule has 7 fully saturated rings. The van der Waals surface area contributed by atoms with Crippen LogP contribution in [0.3, 0.4) is 0 Å². The van der Waals surface area contributed by atoms with E-state index in [0.717, 1.165) is 50.5 Å². The fourth-order valence-electron chi connectivity index (χ4n) is 10.7. The number of carbonyl (C=O) groups excluding carboxylic acids is 3. The first-order chi connectivity index (χ1) is 25.5. The molecule has 3 saturated heterocycles. The molecule has 53 heavy (non-hydrogen) atoms. The van der Waals surface area contributed by atoms with Crippen LogP contribution in [0.4, 0.5) is 0 Å². The molecule has 5 aliphatic carbocycles. The van der Waals surface area contributed by atoms with Crippen LogP contribution in [0.1, 0.15) is 114 Å². The van der Waals surface area contributed by atoms with Gasteiger partial charge in [0.1, 0.15) is 24.4 Å². The lowest BCUT2D eigenvalue weighted by Gasteiger charge is -2.53. The fraction of sp³-hybridized carbons (Fsp3) is 0.698. The monoisotopic (exact) mass is 728 g/mol. The van der Waals surface area contributed by atoms with Gasteiger partial charge in [0.2, 0.25) is 11.8 Å². The van der Waals surface area contributed by atoms with Gasteiger partial charge in [-0.25, -0.2) is 4.79 Å². The van der Waals surface area contributed by atoms with Gasteiger partial charge in [-0.15, -0.1) is 0 Å². The minimum absolute atomic E-state index is 0.0522. The largest absolute Gasteiger partial charge is 0.456 e. The second-order valence-electron chi connectivity index (χ2n) is 18.2. The molecule has 8 atom stereocenters. The lowest BCUT2D eigenvalue weighted by Crippen LogP contribution is -2.49. The number of epoxide rings is 1. The summed E-state index contributed by atoms with van der Waals surface area (Å²) in [6, 6.07) is 7.12. The van der Waals surface area contributed by atoms with Gasteiger partial charge in [-0.05, 0) is 119 Å². The van der Waals surface area contributed by atoms with Crippen molar-refractivity contribution >= 4 is 23.9 Å². The van der Waals surface area contributed by atoms with Crippen molar-refractivity contribution in [3.8, 4) is 0 Å². The summed E-state index contributed by atoms with van der Waals surface area (Å²) in [5.74, 6) is 0.247. The molecule has 286 valence electrons. The highest BCUT2D eigenvalue weighted by atomic mass is 16.8. The Labute approximate surface area is 313 Å². The third kappa shape index (κ3) is 6.59. The number of ether oxygens (including phenoxy) is 4. The van der Waals surface area contributed by atoms with Crippen LogP contribution >= 0.6 is 0 Å². The molecular formula is C43H56N2O8. The Balaban J connectivity index is 0.927. The van der Waals surface area contributed by atoms with Crippen molar-refractivity contribution in [1.29, 1.82) is 0 Å². The highest BCUT2D eigenvalue weighted by molar-refractivity contribution is 5.98. The van der Waals surface area contributed by atoms with Crippen molar-refractivity contribution < 1.29 is 38.4 Å². The van der Waals surface area contributed by atoms with Crippen molar-refractivity contribution in [2.45, 2.75) is 140 Å². The molecule has 4 saturated carbocycles. The number of benzene rings is 1. The third-order valence-electron chi connectivity index (χ3n) is 14.1. The summed E-state index contributed by atoms with van der Waals surface area (Å²) in [7, 11) is 0. The number of hydrogen-bond acceptors (Lipinski definition) is 8. The number of hydrogen-bond donors (Lipinski definition) is 2. The number of nitrogens with zero attached hydrogens (tertiary/aromatic N) is 1. The Hall–Kier alpha value is -3.05. The maximum atomic E-state index is 14.1. The van der Waals surface area contributed by atoms with Crippen LogP contribution in [0.15, 0.2) is 41.5 Å². The van der Waals surface area contributed by atoms with Crippen LogP contribution in [0.5, 0.6) is 0 Å². The van der Waals surface area contributed by atoms with E-state index in [1.165, 1.54) is 18.4 Å². The number of fused-ring (bicyclic) bond motifs is 3. The fourth-order valence-corrected chi connectivity index (χ4v) is 10.7. The summed E-state index contributed by atoms with van der Waals surface area (Å²) >= 11 is 0. The molecule has 2 N–H and O–H groups in total. The molecule has 8 aliphatic rings. The van der Waals surface area contributed by atoms with E-state index in [2.05, 4.69) is 32.2 Å². The van der Waals surface area contributed by atoms with Crippen molar-refractivity contribution in [2.75, 3.05) is 19.7 Å². The van der Waals surface area contributed by atoms with E-state index in [1.54, 1.807) is 4.90 Å². The molecular weight excluding hydrogens is 672 g/mol. The van der Waals surface area contributed by atoms with Crippen molar-refractivity contribution in [1.82, 2.24) is 10.2 Å². The van der Waals surface area contributed by atoms with Gasteiger partial charge in [0.05, 0.1) is 23.9 Å². The van der Waals surface area contributed by atoms with E-state index < -0.39 is 36.1 Å². The lowest BCUT2D eigenvalue weighted by atomic mass is 9.52. The van der Waals surface area contributed by atoms with Gasteiger partial charge < -0.3 is 34.3 Å². The topological polar surface area (TPSA) is 127 Å². The summed E-state index contributed by atoms with van der Waals surface area (Å²) in [5.41, 5.74) is 3.93. The number of carbonyl (C=O) groups is 3. The van der Waals surface area contributed by atoms with Crippen molar-refractivity contribution in [3.63, 3.8) is 0 Å². The van der Waals surface area contributed by atoms with Crippen LogP contribution in [0, 0.1) is 29.1 Å². The Bertz CT molecular complexity index is 1680. The predicted molar refractivity (Wildman–Crippen MR) is 196 cm³/mol. The van der Waals surface area contributed by atoms with E-state index >= 15 is 0 Å². The van der Waals surface area contributed by atoms with E-state index in [9.17, 15) is 19.5 Å². The molecule has 0 bridgehead atoms. The number of rotatable bonds is 9. The molecule has 10 heteroatoms. The second-order valence-corrected chi connectivity index (χ2v) is 18.2. The van der Waals surface area contributed by atoms with Gasteiger partial charge in [0.25, 0.3) is 0 Å². The van der Waals surface area contributed by atoms with Crippen LogP contribution in [0.2, 0.25) is 0 Å². The second kappa shape index (κ2) is 13.3. The zero-order valence-corrected chi connectivity index (χ0v) is 31.5. The van der Waals surface area contributed by atoms with Gasteiger partial charge in [-0.1, -0.05) is 37.6 Å². The van der Waals surface area contributed by atoms with Crippen LogP contribution < -0.4 is 5.32 Å². The number of aliphatic hydroxyl groups is 1. The zero-order valence-electron chi connectivity index (χ0n) is 31.5. The molecule has 1 aromatic rings. The molecule has 3 heterocycles. The molecule has 10 nitrogen and oxygen atoms in total. The zero-order chi connectivity index (χ0) is 36.7. The number of amides is 2. The van der Waals surface area contributed by atoms with Crippen LogP contribution in [-0.2, 0) is 28.5 Å². The van der Waals surface area contributed by atoms with Gasteiger partial charge in [0, 0.05) is 36.9 Å². The maximum Gasteiger partial charge on any atom is 0.338 e. The smallest absolute Gasteiger partial charge is 0.338 e. The van der Waals surface area contributed by atoms with Gasteiger partial charge in [0.15, 0.2) is 5.79 Å². The lowest BCUT2D eigenvalue weighted by molar-refractivity contribution is -0.209. The quantitative estimate of drug-likeness (QED) is 0.245. The van der Waals surface area contributed by atoms with Gasteiger partial charge in [-0.2, -0.15) is 0 Å². The standard InChI is InChI=1S/C43H56N2O8/c1-41(2)24-31-27(10-15-36-42(3,52-36)17-16-32(31)41)21-25-6-8-26(9-7-25)40(49)50-34-22-28(39(48)45-19-4-5-33(45)38(47)44-18-20-46)23-35-37(34)53-43(51-35,29-11-12-29)30-13-14-30/h6-9,21,23,29-37,46H,4-5,10-20,22,24H2,1-3H3,(H,44,47)/t31-,32-,33-,34-,35-,36?,37+,42-/m1/s1. The first-order valence-electron chi connectivity index (χ1n) is 20.4. The molecule has 0 radical (unpaired) electrons. The molecule has 9 rings (SSSR count). The van der Waals surface area contributed by atoms with Crippen molar-refractivity contribution in [2.24, 2.45) is 29.1 Å². The SMILES string of the molecule is CC1(C)C[C@@H]2C(=Cc3ccc(C(=O)O[C@@H]4CC(C(=O)N5CCC[C@@H]5C(=O)NCCO)=C[C@H]5OC(C6CC6)(C6CC6)O[C@H]54)cc3)CCC3O[C@]3(C)CC[C@H]21. The number of esters is 1. The highest BCUT2D eigenvalue weighted by Crippen LogP contribution is 2.61. The van der Waals surface area contributed by atoms with Gasteiger partial charge in [-0.3, -0.25) is 9.59 Å². The molecule has 0 aromatic heterocycles. The molecule has 1 unspecified atom stereocenters. The Kier molecular flexibility index (Phi) is 8.95. The predicted octanol–water partition coefficient (Wildman–Crippen LogP) is 5.72. The Morgan fingerprint density at radius 3 is 2.43 bits per heavy atom. The molecule has 2 amide bonds. The van der Waals surface area contributed by atoms with Crippen molar-refractivity contribution in [3.05, 3.63) is 52.6 Å².